The second kappa shape index (κ2) is 9.67. The molecule has 31 heavy (non-hydrogen) atoms. The van der Waals surface area contributed by atoms with E-state index in [1.54, 1.807) is 29.2 Å². The molecule has 0 N–H and O–H groups in total. The second-order valence-electron chi connectivity index (χ2n) is 7.71. The van der Waals surface area contributed by atoms with Crippen LogP contribution >= 0.6 is 23.2 Å². The van der Waals surface area contributed by atoms with Gasteiger partial charge >= 0.3 is 0 Å². The number of hydrogen-bond donors (Lipinski definition) is 0. The number of piperazine rings is 1. The van der Waals surface area contributed by atoms with Crippen LogP contribution < -0.4 is 9.21 Å². The number of carbonyl (C=O) groups is 1. The number of halogens is 2. The fourth-order valence-corrected chi connectivity index (χ4v) is 5.51. The first-order chi connectivity index (χ1) is 14.6. The smallest absolute Gasteiger partial charge is 0.246 e. The maximum absolute atomic E-state index is 13.4. The van der Waals surface area contributed by atoms with Gasteiger partial charge < -0.3 is 9.80 Å². The van der Waals surface area contributed by atoms with Crippen molar-refractivity contribution in [1.29, 1.82) is 0 Å². The molecule has 6 nitrogen and oxygen atoms in total. The van der Waals surface area contributed by atoms with Crippen LogP contribution in [0.3, 0.4) is 0 Å². The molecule has 9 heteroatoms. The van der Waals surface area contributed by atoms with Crippen LogP contribution in [0.2, 0.25) is 10.0 Å². The molecule has 1 fully saturated rings. The van der Waals surface area contributed by atoms with Crippen LogP contribution in [0, 0.1) is 6.92 Å². The molecule has 0 aromatic heterocycles. The minimum Gasteiger partial charge on any atom is -0.368 e. The largest absolute Gasteiger partial charge is 0.368 e. The van der Waals surface area contributed by atoms with Gasteiger partial charge in [0, 0.05) is 41.9 Å². The van der Waals surface area contributed by atoms with Gasteiger partial charge in [0.2, 0.25) is 15.9 Å². The molecular formula is C22H27Cl2N3O3S. The lowest BCUT2D eigenvalue weighted by Gasteiger charge is -2.40. The summed E-state index contributed by atoms with van der Waals surface area (Å²) in [5.41, 5.74) is 2.58. The lowest BCUT2D eigenvalue weighted by Crippen LogP contribution is -2.56. The molecule has 1 atom stereocenters. The topological polar surface area (TPSA) is 60.9 Å². The van der Waals surface area contributed by atoms with E-state index in [-0.39, 0.29) is 5.91 Å². The first kappa shape index (κ1) is 23.7. The van der Waals surface area contributed by atoms with E-state index in [0.717, 1.165) is 17.5 Å². The fraction of sp³-hybridized carbons (Fsp3) is 0.409. The van der Waals surface area contributed by atoms with Gasteiger partial charge in [0.15, 0.2) is 0 Å². The number of anilines is 2. The number of benzene rings is 2. The van der Waals surface area contributed by atoms with Gasteiger partial charge in [0.05, 0.1) is 11.9 Å². The normalized spacial score (nSPS) is 15.6. The summed E-state index contributed by atoms with van der Waals surface area (Å²) in [6, 6.07) is 11.5. The lowest BCUT2D eigenvalue weighted by molar-refractivity contribution is -0.132. The minimum atomic E-state index is -3.69. The number of hydrogen-bond acceptors (Lipinski definition) is 4. The summed E-state index contributed by atoms with van der Waals surface area (Å²) in [6.45, 7) is 6.17. The highest BCUT2D eigenvalue weighted by atomic mass is 35.5. The van der Waals surface area contributed by atoms with Crippen molar-refractivity contribution in [2.45, 2.75) is 26.3 Å². The van der Waals surface area contributed by atoms with Gasteiger partial charge in [0.25, 0.3) is 0 Å². The van der Waals surface area contributed by atoms with Gasteiger partial charge in [-0.25, -0.2) is 8.42 Å². The van der Waals surface area contributed by atoms with Crippen LogP contribution in [0.1, 0.15) is 18.9 Å². The number of nitrogens with zero attached hydrogens (tertiary/aromatic N) is 3. The molecule has 0 bridgehead atoms. The Kier molecular flexibility index (Phi) is 7.39. The summed E-state index contributed by atoms with van der Waals surface area (Å²) in [5, 5.41) is 1.09. The van der Waals surface area contributed by atoms with Crippen molar-refractivity contribution in [3.05, 3.63) is 58.1 Å². The van der Waals surface area contributed by atoms with Crippen LogP contribution in [0.4, 0.5) is 11.4 Å². The maximum atomic E-state index is 13.4. The Balaban J connectivity index is 1.79. The third-order valence-corrected chi connectivity index (χ3v) is 7.13. The van der Waals surface area contributed by atoms with E-state index >= 15 is 0 Å². The van der Waals surface area contributed by atoms with E-state index < -0.39 is 16.1 Å². The summed E-state index contributed by atoms with van der Waals surface area (Å²) in [6.07, 6.45) is 1.47. The lowest BCUT2D eigenvalue weighted by atomic mass is 10.1. The van der Waals surface area contributed by atoms with Crippen molar-refractivity contribution >= 4 is 50.5 Å². The molecule has 3 rings (SSSR count). The average molecular weight is 484 g/mol. The highest BCUT2D eigenvalue weighted by Crippen LogP contribution is 2.28. The van der Waals surface area contributed by atoms with Crippen molar-refractivity contribution in [2.75, 3.05) is 41.6 Å². The first-order valence-corrected chi connectivity index (χ1v) is 12.8. The SMILES string of the molecule is CC[C@H](C(=O)N1CCN(c2cc(Cl)ccc2C)CC1)N(c1cccc(Cl)c1)S(C)(=O)=O. The third-order valence-electron chi connectivity index (χ3n) is 5.48. The molecule has 168 valence electrons. The molecule has 0 radical (unpaired) electrons. The maximum Gasteiger partial charge on any atom is 0.246 e. The Labute approximate surface area is 194 Å². The van der Waals surface area contributed by atoms with E-state index in [4.69, 9.17) is 23.2 Å². The number of sulfonamides is 1. The van der Waals surface area contributed by atoms with Crippen LogP contribution in [-0.4, -0.2) is 57.7 Å². The van der Waals surface area contributed by atoms with Crippen molar-refractivity contribution in [3.63, 3.8) is 0 Å². The Bertz CT molecular complexity index is 1050. The molecule has 0 aliphatic carbocycles. The van der Waals surface area contributed by atoms with Gasteiger partial charge in [-0.2, -0.15) is 0 Å². The van der Waals surface area contributed by atoms with Crippen molar-refractivity contribution in [2.24, 2.45) is 0 Å². The monoisotopic (exact) mass is 483 g/mol. The van der Waals surface area contributed by atoms with Crippen LogP contribution in [0.15, 0.2) is 42.5 Å². The zero-order valence-corrected chi connectivity index (χ0v) is 20.2. The Morgan fingerprint density at radius 3 is 2.29 bits per heavy atom. The summed E-state index contributed by atoms with van der Waals surface area (Å²) in [5.74, 6) is -0.199. The minimum absolute atomic E-state index is 0.199. The van der Waals surface area contributed by atoms with E-state index in [9.17, 15) is 13.2 Å². The molecule has 2 aromatic carbocycles. The molecule has 1 saturated heterocycles. The zero-order chi connectivity index (χ0) is 22.8. The molecule has 0 saturated carbocycles. The average Bonchev–Trinajstić information content (AvgIpc) is 2.72. The summed E-state index contributed by atoms with van der Waals surface area (Å²) >= 11 is 12.2. The Morgan fingerprint density at radius 1 is 1.06 bits per heavy atom. The highest BCUT2D eigenvalue weighted by molar-refractivity contribution is 7.92. The van der Waals surface area contributed by atoms with Gasteiger partial charge in [-0.15, -0.1) is 0 Å². The number of rotatable bonds is 6. The standard InChI is InChI=1S/C22H27Cl2N3O3S/c1-4-20(27(31(3,29)30)19-7-5-6-17(23)14-19)22(28)26-12-10-25(11-13-26)21-15-18(24)9-8-16(21)2/h5-9,14-15,20H,4,10-13H2,1-3H3/t20-/m1/s1. The number of amides is 1. The highest BCUT2D eigenvalue weighted by Gasteiger charge is 2.35. The van der Waals surface area contributed by atoms with E-state index in [0.29, 0.717) is 48.3 Å². The molecule has 0 spiro atoms. The van der Waals surface area contributed by atoms with Gasteiger partial charge in [-0.05, 0) is 49.2 Å². The summed E-state index contributed by atoms with van der Waals surface area (Å²) < 4.78 is 26.4. The fourth-order valence-electron chi connectivity index (χ4n) is 3.96. The first-order valence-electron chi connectivity index (χ1n) is 10.2. The van der Waals surface area contributed by atoms with Crippen molar-refractivity contribution in [3.8, 4) is 0 Å². The third kappa shape index (κ3) is 5.45. The van der Waals surface area contributed by atoms with Gasteiger partial charge in [0.1, 0.15) is 6.04 Å². The van der Waals surface area contributed by atoms with Crippen LogP contribution in [0.25, 0.3) is 0 Å². The van der Waals surface area contributed by atoms with Gasteiger partial charge in [-0.1, -0.05) is 42.3 Å². The van der Waals surface area contributed by atoms with Gasteiger partial charge in [-0.3, -0.25) is 9.10 Å². The molecule has 1 amide bonds. The summed E-state index contributed by atoms with van der Waals surface area (Å²) in [4.78, 5) is 17.3. The number of carbonyl (C=O) groups excluding carboxylic acids is 1. The summed E-state index contributed by atoms with van der Waals surface area (Å²) in [7, 11) is -3.69. The molecule has 1 aliphatic heterocycles. The Morgan fingerprint density at radius 2 is 1.71 bits per heavy atom. The zero-order valence-electron chi connectivity index (χ0n) is 17.9. The molecule has 1 aliphatic rings. The van der Waals surface area contributed by atoms with E-state index in [1.807, 2.05) is 32.0 Å². The van der Waals surface area contributed by atoms with Crippen molar-refractivity contribution in [1.82, 2.24) is 4.90 Å². The number of aryl methyl sites for hydroxylation is 1. The molecule has 1 heterocycles. The predicted octanol–water partition coefficient (Wildman–Crippen LogP) is 4.20. The van der Waals surface area contributed by atoms with Crippen molar-refractivity contribution < 1.29 is 13.2 Å². The van der Waals surface area contributed by atoms with Crippen LogP contribution in [0.5, 0.6) is 0 Å². The Hall–Kier alpha value is -1.96. The quantitative estimate of drug-likeness (QED) is 0.617. The van der Waals surface area contributed by atoms with Crippen LogP contribution in [-0.2, 0) is 14.8 Å². The molecule has 2 aromatic rings. The van der Waals surface area contributed by atoms with E-state index in [1.165, 1.54) is 4.31 Å². The predicted molar refractivity (Wildman–Crippen MR) is 128 cm³/mol. The molecule has 0 unspecified atom stereocenters. The van der Waals surface area contributed by atoms with E-state index in [2.05, 4.69) is 4.90 Å². The second-order valence-corrected chi connectivity index (χ2v) is 10.4. The molecular weight excluding hydrogens is 457 g/mol.